The smallest absolute Gasteiger partial charge is 0.225 e. The number of hydrogen-bond donors (Lipinski definition) is 3. The highest BCUT2D eigenvalue weighted by Gasteiger charge is 2.31. The van der Waals surface area contributed by atoms with Crippen molar-refractivity contribution in [3.8, 4) is 0 Å². The van der Waals surface area contributed by atoms with Gasteiger partial charge in [-0.1, -0.05) is 6.92 Å². The van der Waals surface area contributed by atoms with Crippen molar-refractivity contribution in [2.45, 2.75) is 26.7 Å². The first kappa shape index (κ1) is 13.4. The van der Waals surface area contributed by atoms with Gasteiger partial charge in [-0.15, -0.1) is 0 Å². The Kier molecular flexibility index (Phi) is 4.45. The standard InChI is InChI=1S/C12H19N3O2/c1-3-7-10(15-4-2)12(17)9(14)8(5-6-13)11(7)16/h15H,3-6,13-14H2,1-2H3. The Morgan fingerprint density at radius 2 is 1.76 bits per heavy atom. The van der Waals surface area contributed by atoms with Gasteiger partial charge in [-0.25, -0.2) is 0 Å². The number of rotatable bonds is 5. The van der Waals surface area contributed by atoms with E-state index in [4.69, 9.17) is 11.5 Å². The molecule has 0 atom stereocenters. The molecule has 94 valence electrons. The van der Waals surface area contributed by atoms with E-state index < -0.39 is 0 Å². The van der Waals surface area contributed by atoms with Gasteiger partial charge in [-0.2, -0.15) is 0 Å². The molecule has 1 aliphatic rings. The molecular weight excluding hydrogens is 218 g/mol. The number of likely N-dealkylation sites (N-methyl/N-ethyl adjacent to an activating group) is 1. The van der Waals surface area contributed by atoms with Crippen molar-refractivity contribution in [2.75, 3.05) is 13.1 Å². The average molecular weight is 237 g/mol. The summed E-state index contributed by atoms with van der Waals surface area (Å²) < 4.78 is 0. The van der Waals surface area contributed by atoms with Gasteiger partial charge in [0.15, 0.2) is 5.78 Å². The lowest BCUT2D eigenvalue weighted by Crippen LogP contribution is -2.34. The van der Waals surface area contributed by atoms with Gasteiger partial charge in [-0.3, -0.25) is 9.59 Å². The van der Waals surface area contributed by atoms with Gasteiger partial charge >= 0.3 is 0 Å². The molecule has 5 N–H and O–H groups in total. The Balaban J connectivity index is 3.21. The van der Waals surface area contributed by atoms with Crippen LogP contribution in [0.4, 0.5) is 0 Å². The number of hydrogen-bond acceptors (Lipinski definition) is 5. The molecule has 0 aromatic heterocycles. The number of Topliss-reactive ketones (excluding diaryl/α,β-unsaturated/α-hetero) is 2. The fraction of sp³-hybridized carbons (Fsp3) is 0.500. The van der Waals surface area contributed by atoms with Crippen molar-refractivity contribution in [1.29, 1.82) is 0 Å². The predicted molar refractivity (Wildman–Crippen MR) is 65.9 cm³/mol. The van der Waals surface area contributed by atoms with Crippen LogP contribution in [0.25, 0.3) is 0 Å². The summed E-state index contributed by atoms with van der Waals surface area (Å²) in [4.78, 5) is 24.2. The van der Waals surface area contributed by atoms with Crippen LogP contribution in [0.15, 0.2) is 22.5 Å². The summed E-state index contributed by atoms with van der Waals surface area (Å²) in [6.45, 7) is 4.60. The maximum Gasteiger partial charge on any atom is 0.225 e. The van der Waals surface area contributed by atoms with Crippen LogP contribution >= 0.6 is 0 Å². The van der Waals surface area contributed by atoms with Crippen molar-refractivity contribution in [3.05, 3.63) is 22.5 Å². The SMILES string of the molecule is CCNC1=C(CC)C(=O)C(CCN)=C(N)C1=O. The van der Waals surface area contributed by atoms with Gasteiger partial charge in [0, 0.05) is 17.7 Å². The number of allylic oxidation sites excluding steroid dienone is 1. The van der Waals surface area contributed by atoms with Crippen LogP contribution in [-0.4, -0.2) is 24.7 Å². The molecule has 17 heavy (non-hydrogen) atoms. The Bertz CT molecular complexity index is 408. The van der Waals surface area contributed by atoms with E-state index >= 15 is 0 Å². The van der Waals surface area contributed by atoms with Crippen LogP contribution in [0.2, 0.25) is 0 Å². The van der Waals surface area contributed by atoms with Crippen molar-refractivity contribution in [2.24, 2.45) is 11.5 Å². The third-order valence-corrected chi connectivity index (χ3v) is 2.75. The summed E-state index contributed by atoms with van der Waals surface area (Å²) in [5, 5.41) is 2.92. The number of nitrogens with one attached hydrogen (secondary N) is 1. The van der Waals surface area contributed by atoms with E-state index in [0.717, 1.165) is 0 Å². The molecule has 0 fully saturated rings. The Morgan fingerprint density at radius 1 is 1.12 bits per heavy atom. The van der Waals surface area contributed by atoms with Crippen LogP contribution in [0.5, 0.6) is 0 Å². The largest absolute Gasteiger partial charge is 0.395 e. The van der Waals surface area contributed by atoms with E-state index in [0.29, 0.717) is 42.8 Å². The molecule has 0 saturated heterocycles. The summed E-state index contributed by atoms with van der Waals surface area (Å²) in [5.41, 5.74) is 12.4. The van der Waals surface area contributed by atoms with Gasteiger partial charge in [0.2, 0.25) is 5.78 Å². The highest BCUT2D eigenvalue weighted by molar-refractivity contribution is 6.24. The number of carbonyl (C=O) groups excluding carboxylic acids is 2. The molecule has 0 radical (unpaired) electrons. The third-order valence-electron chi connectivity index (χ3n) is 2.75. The highest BCUT2D eigenvalue weighted by atomic mass is 16.1. The molecule has 0 aliphatic heterocycles. The molecule has 0 saturated carbocycles. The molecule has 0 aromatic rings. The lowest BCUT2D eigenvalue weighted by molar-refractivity contribution is -0.117. The van der Waals surface area contributed by atoms with Gasteiger partial charge in [0.05, 0.1) is 11.4 Å². The predicted octanol–water partition coefficient (Wildman–Crippen LogP) is -0.0266. The zero-order valence-electron chi connectivity index (χ0n) is 10.3. The van der Waals surface area contributed by atoms with Gasteiger partial charge in [0.25, 0.3) is 0 Å². The van der Waals surface area contributed by atoms with E-state index in [9.17, 15) is 9.59 Å². The van der Waals surface area contributed by atoms with E-state index in [1.54, 1.807) is 0 Å². The Hall–Kier alpha value is -1.62. The second-order valence-corrected chi connectivity index (χ2v) is 3.83. The molecule has 0 unspecified atom stereocenters. The summed E-state index contributed by atoms with van der Waals surface area (Å²) in [6, 6.07) is 0. The van der Waals surface area contributed by atoms with Crippen LogP contribution in [-0.2, 0) is 9.59 Å². The zero-order chi connectivity index (χ0) is 13.0. The van der Waals surface area contributed by atoms with Crippen molar-refractivity contribution in [3.63, 3.8) is 0 Å². The minimum absolute atomic E-state index is 0.0357. The maximum atomic E-state index is 12.1. The fourth-order valence-electron chi connectivity index (χ4n) is 1.92. The zero-order valence-corrected chi connectivity index (χ0v) is 10.3. The molecular formula is C12H19N3O2. The molecule has 0 amide bonds. The first-order valence-electron chi connectivity index (χ1n) is 5.83. The quantitative estimate of drug-likeness (QED) is 0.583. The van der Waals surface area contributed by atoms with E-state index in [1.807, 2.05) is 13.8 Å². The first-order valence-corrected chi connectivity index (χ1v) is 5.83. The van der Waals surface area contributed by atoms with Gasteiger partial charge in [0.1, 0.15) is 0 Å². The van der Waals surface area contributed by atoms with Crippen LogP contribution in [0, 0.1) is 0 Å². The lowest BCUT2D eigenvalue weighted by Gasteiger charge is -2.21. The fourth-order valence-corrected chi connectivity index (χ4v) is 1.92. The normalized spacial score (nSPS) is 16.9. The first-order chi connectivity index (χ1) is 8.08. The molecule has 0 aromatic carbocycles. The summed E-state index contributed by atoms with van der Waals surface area (Å²) in [6.07, 6.45) is 0.855. The molecule has 5 heteroatoms. The van der Waals surface area contributed by atoms with E-state index in [2.05, 4.69) is 5.32 Å². The third kappa shape index (κ3) is 2.39. The van der Waals surface area contributed by atoms with E-state index in [-0.39, 0.29) is 17.3 Å². The second kappa shape index (κ2) is 5.63. The molecule has 0 bridgehead atoms. The summed E-state index contributed by atoms with van der Waals surface area (Å²) in [7, 11) is 0. The number of nitrogens with two attached hydrogens (primary N) is 2. The average Bonchev–Trinajstić information content (AvgIpc) is 2.32. The monoisotopic (exact) mass is 237 g/mol. The topological polar surface area (TPSA) is 98.2 Å². The van der Waals surface area contributed by atoms with Crippen molar-refractivity contribution >= 4 is 11.6 Å². The van der Waals surface area contributed by atoms with Gasteiger partial charge in [-0.05, 0) is 26.3 Å². The summed E-state index contributed by atoms with van der Waals surface area (Å²) >= 11 is 0. The van der Waals surface area contributed by atoms with Crippen LogP contribution < -0.4 is 16.8 Å². The minimum atomic E-state index is -0.285. The Morgan fingerprint density at radius 3 is 2.24 bits per heavy atom. The van der Waals surface area contributed by atoms with Crippen molar-refractivity contribution < 1.29 is 9.59 Å². The minimum Gasteiger partial charge on any atom is -0.395 e. The summed E-state index contributed by atoms with van der Waals surface area (Å²) in [5.74, 6) is -0.433. The van der Waals surface area contributed by atoms with Crippen LogP contribution in [0.3, 0.4) is 0 Å². The molecule has 5 nitrogen and oxygen atoms in total. The molecule has 1 aliphatic carbocycles. The molecule has 1 rings (SSSR count). The second-order valence-electron chi connectivity index (χ2n) is 3.83. The number of ketones is 2. The lowest BCUT2D eigenvalue weighted by atomic mass is 9.87. The molecule has 0 heterocycles. The highest BCUT2D eigenvalue weighted by Crippen LogP contribution is 2.24. The maximum absolute atomic E-state index is 12.1. The molecule has 0 spiro atoms. The van der Waals surface area contributed by atoms with Crippen LogP contribution in [0.1, 0.15) is 26.7 Å². The van der Waals surface area contributed by atoms with Crippen molar-refractivity contribution in [1.82, 2.24) is 5.32 Å². The van der Waals surface area contributed by atoms with Gasteiger partial charge < -0.3 is 16.8 Å². The Labute approximate surface area is 101 Å². The van der Waals surface area contributed by atoms with E-state index in [1.165, 1.54) is 0 Å². The number of carbonyl (C=O) groups is 2.